The molecule has 4 rings (SSSR count). The Hall–Kier alpha value is -2.43. The number of anilines is 1. The number of carbonyl (C=O) groups is 1. The Morgan fingerprint density at radius 1 is 1.23 bits per heavy atom. The van der Waals surface area contributed by atoms with Gasteiger partial charge in [-0.05, 0) is 49.1 Å². The first kappa shape index (κ1) is 20.8. The van der Waals surface area contributed by atoms with Crippen LogP contribution < -0.4 is 5.32 Å². The van der Waals surface area contributed by atoms with Gasteiger partial charge in [0.2, 0.25) is 10.0 Å². The van der Waals surface area contributed by atoms with E-state index in [9.17, 15) is 22.0 Å². The maximum atomic E-state index is 13.8. The van der Waals surface area contributed by atoms with E-state index in [0.29, 0.717) is 19.0 Å². The molecule has 30 heavy (non-hydrogen) atoms. The summed E-state index contributed by atoms with van der Waals surface area (Å²) < 4.78 is 54.5. The molecule has 1 aromatic heterocycles. The zero-order chi connectivity index (χ0) is 21.5. The highest BCUT2D eigenvalue weighted by Crippen LogP contribution is 2.29. The molecule has 2 aromatic carbocycles. The highest BCUT2D eigenvalue weighted by atomic mass is 32.2. The molecule has 1 aliphatic heterocycles. The Morgan fingerprint density at radius 3 is 2.67 bits per heavy atom. The lowest BCUT2D eigenvalue weighted by Gasteiger charge is -2.30. The van der Waals surface area contributed by atoms with Crippen molar-refractivity contribution in [3.63, 3.8) is 0 Å². The monoisotopic (exact) mass is 451 g/mol. The minimum absolute atomic E-state index is 0.0195. The minimum atomic E-state index is -3.61. The molecule has 0 unspecified atom stereocenters. The molecule has 1 saturated heterocycles. The second-order valence-electron chi connectivity index (χ2n) is 7.34. The molecule has 6 nitrogen and oxygen atoms in total. The summed E-state index contributed by atoms with van der Waals surface area (Å²) in [6.07, 6.45) is 1.83. The first-order chi connectivity index (χ1) is 14.2. The van der Waals surface area contributed by atoms with Gasteiger partial charge in [-0.2, -0.15) is 4.31 Å². The molecule has 158 valence electrons. The third kappa shape index (κ3) is 4.07. The van der Waals surface area contributed by atoms with E-state index in [1.54, 1.807) is 0 Å². The Bertz CT molecular complexity index is 1210. The van der Waals surface area contributed by atoms with Gasteiger partial charge in [-0.15, -0.1) is 0 Å². The Balaban J connectivity index is 1.51. The highest BCUT2D eigenvalue weighted by Gasteiger charge is 2.28. The summed E-state index contributed by atoms with van der Waals surface area (Å²) in [6, 6.07) is 7.52. The number of hydrogen-bond donors (Lipinski definition) is 1. The van der Waals surface area contributed by atoms with Crippen LogP contribution in [-0.2, 0) is 10.0 Å². The van der Waals surface area contributed by atoms with E-state index in [-0.39, 0.29) is 25.8 Å². The van der Waals surface area contributed by atoms with E-state index in [1.807, 2.05) is 6.92 Å². The van der Waals surface area contributed by atoms with Crippen molar-refractivity contribution in [2.24, 2.45) is 5.92 Å². The largest absolute Gasteiger partial charge is 0.298 e. The fraction of sp³-hybridized carbons (Fsp3) is 0.300. The average Bonchev–Trinajstić information content (AvgIpc) is 3.10. The Labute approximate surface area is 176 Å². The number of aromatic nitrogens is 1. The number of hydrogen-bond acceptors (Lipinski definition) is 5. The number of carbonyl (C=O) groups excluding carboxylic acids is 1. The molecule has 0 radical (unpaired) electrons. The molecule has 1 aliphatic rings. The number of nitrogens with zero attached hydrogens (tertiary/aromatic N) is 2. The second kappa shape index (κ2) is 8.01. The highest BCUT2D eigenvalue weighted by molar-refractivity contribution is 7.89. The van der Waals surface area contributed by atoms with Gasteiger partial charge in [0.1, 0.15) is 11.3 Å². The lowest BCUT2D eigenvalue weighted by molar-refractivity contribution is 0.102. The van der Waals surface area contributed by atoms with Crippen molar-refractivity contribution in [2.45, 2.75) is 24.7 Å². The molecule has 0 saturated carbocycles. The number of nitrogens with one attached hydrogen (secondary N) is 1. The summed E-state index contributed by atoms with van der Waals surface area (Å²) in [4.78, 5) is 16.6. The van der Waals surface area contributed by atoms with Gasteiger partial charge < -0.3 is 0 Å². The molecule has 0 spiro atoms. The standard InChI is InChI=1S/C20H19F2N3O3S2/c1-12-3-2-8-25(11-12)30(27,28)15-6-4-13(5-7-15)19(26)24-20-23-18-16(22)9-14(21)10-17(18)29-20/h4-7,9-10,12H,2-3,8,11H2,1H3,(H,23,24,26)/t12-/m1/s1. The van der Waals surface area contributed by atoms with Crippen LogP contribution in [0.15, 0.2) is 41.3 Å². The van der Waals surface area contributed by atoms with Crippen LogP contribution in [-0.4, -0.2) is 36.7 Å². The Kier molecular flexibility index (Phi) is 5.56. The quantitative estimate of drug-likeness (QED) is 0.643. The number of halogens is 2. The van der Waals surface area contributed by atoms with E-state index >= 15 is 0 Å². The maximum Gasteiger partial charge on any atom is 0.257 e. The lowest BCUT2D eigenvalue weighted by Crippen LogP contribution is -2.39. The predicted molar refractivity (Wildman–Crippen MR) is 111 cm³/mol. The van der Waals surface area contributed by atoms with E-state index in [0.717, 1.165) is 36.3 Å². The molecule has 3 aromatic rings. The fourth-order valence-corrected chi connectivity index (χ4v) is 5.97. The van der Waals surface area contributed by atoms with Crippen LogP contribution in [0.1, 0.15) is 30.1 Å². The second-order valence-corrected chi connectivity index (χ2v) is 10.3. The van der Waals surface area contributed by atoms with Crippen molar-refractivity contribution < 1.29 is 22.0 Å². The molecule has 10 heteroatoms. The van der Waals surface area contributed by atoms with Crippen LogP contribution >= 0.6 is 11.3 Å². The summed E-state index contributed by atoms with van der Waals surface area (Å²) >= 11 is 0.949. The number of thiazole rings is 1. The van der Waals surface area contributed by atoms with Gasteiger partial charge in [-0.3, -0.25) is 10.1 Å². The van der Waals surface area contributed by atoms with E-state index < -0.39 is 27.6 Å². The average molecular weight is 452 g/mol. The molecule has 0 bridgehead atoms. The van der Waals surface area contributed by atoms with E-state index in [1.165, 1.54) is 28.6 Å². The number of benzene rings is 2. The van der Waals surface area contributed by atoms with Gasteiger partial charge in [0.05, 0.1) is 9.60 Å². The number of amides is 1. The molecule has 1 fully saturated rings. The third-order valence-corrected chi connectivity index (χ3v) is 7.80. The van der Waals surface area contributed by atoms with Gasteiger partial charge in [0.25, 0.3) is 5.91 Å². The Morgan fingerprint density at radius 2 is 1.97 bits per heavy atom. The minimum Gasteiger partial charge on any atom is -0.298 e. The summed E-state index contributed by atoms with van der Waals surface area (Å²) in [5.74, 6) is -1.74. The topological polar surface area (TPSA) is 79.4 Å². The fourth-order valence-electron chi connectivity index (χ4n) is 3.47. The summed E-state index contributed by atoms with van der Waals surface area (Å²) in [6.45, 7) is 3.00. The van der Waals surface area contributed by atoms with Gasteiger partial charge in [-0.25, -0.2) is 22.2 Å². The van der Waals surface area contributed by atoms with Gasteiger partial charge in [0.15, 0.2) is 10.9 Å². The predicted octanol–water partition coefficient (Wildman–Crippen LogP) is 4.25. The molecule has 1 N–H and O–H groups in total. The van der Waals surface area contributed by atoms with Crippen LogP contribution in [0, 0.1) is 17.6 Å². The number of rotatable bonds is 4. The smallest absolute Gasteiger partial charge is 0.257 e. The van der Waals surface area contributed by atoms with Gasteiger partial charge in [-0.1, -0.05) is 18.3 Å². The van der Waals surface area contributed by atoms with E-state index in [2.05, 4.69) is 10.3 Å². The third-order valence-electron chi connectivity index (χ3n) is 5.01. The van der Waals surface area contributed by atoms with Crippen molar-refractivity contribution in [1.29, 1.82) is 0 Å². The molecular weight excluding hydrogens is 432 g/mol. The molecule has 2 heterocycles. The summed E-state index contributed by atoms with van der Waals surface area (Å²) in [5.41, 5.74) is 0.209. The number of sulfonamides is 1. The molecule has 0 aliphatic carbocycles. The SMILES string of the molecule is C[C@@H]1CCCN(S(=O)(=O)c2ccc(C(=O)Nc3nc4c(F)cc(F)cc4s3)cc2)C1. The maximum absolute atomic E-state index is 13.8. The lowest BCUT2D eigenvalue weighted by atomic mass is 10.0. The summed E-state index contributed by atoms with van der Waals surface area (Å²) in [5, 5.41) is 2.66. The summed E-state index contributed by atoms with van der Waals surface area (Å²) in [7, 11) is -3.61. The van der Waals surface area contributed by atoms with E-state index in [4.69, 9.17) is 0 Å². The molecule has 1 amide bonds. The van der Waals surface area contributed by atoms with Crippen LogP contribution in [0.5, 0.6) is 0 Å². The first-order valence-corrected chi connectivity index (χ1v) is 11.7. The van der Waals surface area contributed by atoms with Crippen molar-refractivity contribution in [3.8, 4) is 0 Å². The van der Waals surface area contributed by atoms with Crippen molar-refractivity contribution in [3.05, 3.63) is 53.6 Å². The first-order valence-electron chi connectivity index (χ1n) is 9.41. The normalized spacial score (nSPS) is 17.9. The van der Waals surface area contributed by atoms with Gasteiger partial charge in [0, 0.05) is 24.7 Å². The van der Waals surface area contributed by atoms with Crippen molar-refractivity contribution >= 4 is 42.6 Å². The molecular formula is C20H19F2N3O3S2. The number of piperidine rings is 1. The van der Waals surface area contributed by atoms with Crippen LogP contribution in [0.3, 0.4) is 0 Å². The zero-order valence-electron chi connectivity index (χ0n) is 16.1. The van der Waals surface area contributed by atoms with Gasteiger partial charge >= 0.3 is 0 Å². The van der Waals surface area contributed by atoms with Crippen molar-refractivity contribution in [1.82, 2.24) is 9.29 Å². The van der Waals surface area contributed by atoms with Crippen LogP contribution in [0.2, 0.25) is 0 Å². The molecule has 1 atom stereocenters. The zero-order valence-corrected chi connectivity index (χ0v) is 17.7. The van der Waals surface area contributed by atoms with Crippen molar-refractivity contribution in [2.75, 3.05) is 18.4 Å². The van der Waals surface area contributed by atoms with Crippen LogP contribution in [0.4, 0.5) is 13.9 Å². The van der Waals surface area contributed by atoms with Crippen LogP contribution in [0.25, 0.3) is 10.2 Å². The number of fused-ring (bicyclic) bond motifs is 1.